The molecular formula is C25H25N3O6. The van der Waals surface area contributed by atoms with Crippen LogP contribution in [0.1, 0.15) is 46.4 Å². The van der Waals surface area contributed by atoms with E-state index in [4.69, 9.17) is 9.26 Å². The van der Waals surface area contributed by atoms with Crippen LogP contribution < -0.4 is 5.32 Å². The Kier molecular flexibility index (Phi) is 6.62. The second-order valence-electron chi connectivity index (χ2n) is 8.03. The minimum absolute atomic E-state index is 0.0713. The van der Waals surface area contributed by atoms with E-state index < -0.39 is 24.0 Å². The van der Waals surface area contributed by atoms with Crippen molar-refractivity contribution in [3.63, 3.8) is 0 Å². The molecule has 2 aromatic carbocycles. The van der Waals surface area contributed by atoms with E-state index in [1.807, 2.05) is 36.4 Å². The maximum absolute atomic E-state index is 12.7. The van der Waals surface area contributed by atoms with Crippen molar-refractivity contribution in [1.82, 2.24) is 15.4 Å². The van der Waals surface area contributed by atoms with E-state index in [2.05, 4.69) is 22.6 Å². The third-order valence-electron chi connectivity index (χ3n) is 6.08. The number of likely N-dealkylation sites (N-methyl/N-ethyl adjacent to an activating group) is 1. The summed E-state index contributed by atoms with van der Waals surface area (Å²) in [4.78, 5) is 37.6. The molecule has 0 radical (unpaired) electrons. The molecule has 3 aromatic rings. The zero-order valence-corrected chi connectivity index (χ0v) is 18.9. The van der Waals surface area contributed by atoms with Gasteiger partial charge in [-0.25, -0.2) is 9.59 Å². The Bertz CT molecular complexity index is 1180. The van der Waals surface area contributed by atoms with Crippen LogP contribution in [0.2, 0.25) is 0 Å². The molecule has 9 nitrogen and oxygen atoms in total. The molecule has 2 amide bonds. The number of amides is 2. The molecule has 2 N–H and O–H groups in total. The van der Waals surface area contributed by atoms with Gasteiger partial charge in [-0.2, -0.15) is 0 Å². The van der Waals surface area contributed by atoms with E-state index in [9.17, 15) is 19.5 Å². The third-order valence-corrected chi connectivity index (χ3v) is 6.08. The molecule has 34 heavy (non-hydrogen) atoms. The van der Waals surface area contributed by atoms with Gasteiger partial charge in [-0.15, -0.1) is 0 Å². The van der Waals surface area contributed by atoms with Gasteiger partial charge >= 0.3 is 12.1 Å². The molecule has 0 spiro atoms. The topological polar surface area (TPSA) is 122 Å². The van der Waals surface area contributed by atoms with Crippen molar-refractivity contribution in [2.24, 2.45) is 0 Å². The number of aliphatic carboxylic acids is 1. The van der Waals surface area contributed by atoms with Crippen molar-refractivity contribution in [2.75, 3.05) is 13.7 Å². The van der Waals surface area contributed by atoms with Crippen LogP contribution in [0.15, 0.2) is 59.3 Å². The minimum atomic E-state index is -1.10. The highest BCUT2D eigenvalue weighted by molar-refractivity contribution is 5.97. The molecule has 0 saturated heterocycles. The summed E-state index contributed by atoms with van der Waals surface area (Å²) < 4.78 is 10.4. The monoisotopic (exact) mass is 463 g/mol. The number of carbonyl (C=O) groups is 3. The summed E-state index contributed by atoms with van der Waals surface area (Å²) in [5.74, 6) is -1.73. The summed E-state index contributed by atoms with van der Waals surface area (Å²) in [6, 6.07) is 15.1. The van der Waals surface area contributed by atoms with Crippen LogP contribution >= 0.6 is 0 Å². The van der Waals surface area contributed by atoms with Gasteiger partial charge in [0, 0.05) is 13.0 Å². The minimum Gasteiger partial charge on any atom is -0.480 e. The molecule has 1 aliphatic carbocycles. The molecule has 0 saturated carbocycles. The van der Waals surface area contributed by atoms with Crippen molar-refractivity contribution in [2.45, 2.75) is 31.8 Å². The largest absolute Gasteiger partial charge is 0.480 e. The molecule has 176 valence electrons. The molecule has 0 bridgehead atoms. The number of hydrogen-bond donors (Lipinski definition) is 2. The van der Waals surface area contributed by atoms with Crippen LogP contribution in [0.4, 0.5) is 4.79 Å². The highest BCUT2D eigenvalue weighted by Crippen LogP contribution is 2.44. The first-order chi connectivity index (χ1) is 16.4. The molecule has 4 rings (SSSR count). The number of nitrogens with one attached hydrogen (secondary N) is 1. The first kappa shape index (κ1) is 23.0. The predicted octanol–water partition coefficient (Wildman–Crippen LogP) is 3.65. The average molecular weight is 463 g/mol. The molecule has 1 aromatic heterocycles. The number of ether oxygens (including phenoxy) is 1. The van der Waals surface area contributed by atoms with Crippen molar-refractivity contribution < 1.29 is 28.8 Å². The smallest absolute Gasteiger partial charge is 0.407 e. The molecule has 1 atom stereocenters. The Morgan fingerprint density at radius 2 is 1.74 bits per heavy atom. The van der Waals surface area contributed by atoms with Crippen molar-refractivity contribution in [3.8, 4) is 11.1 Å². The first-order valence-electron chi connectivity index (χ1n) is 10.9. The van der Waals surface area contributed by atoms with Crippen LogP contribution in [-0.2, 0) is 16.1 Å². The lowest BCUT2D eigenvalue weighted by Gasteiger charge is -2.23. The Hall–Kier alpha value is -4.14. The summed E-state index contributed by atoms with van der Waals surface area (Å²) in [5, 5.41) is 15.7. The molecule has 0 aliphatic heterocycles. The maximum Gasteiger partial charge on any atom is 0.407 e. The zero-order valence-electron chi connectivity index (χ0n) is 18.9. The summed E-state index contributed by atoms with van der Waals surface area (Å²) in [7, 11) is 1.40. The van der Waals surface area contributed by atoms with Crippen molar-refractivity contribution >= 4 is 18.0 Å². The van der Waals surface area contributed by atoms with Crippen molar-refractivity contribution in [3.05, 3.63) is 77.2 Å². The SMILES string of the molecule is CCC(C(=O)O)N(C)C(=O)c1conc1CNC(=O)OCC1c2ccccc2-c2ccccc21. The molecule has 1 heterocycles. The van der Waals surface area contributed by atoms with E-state index >= 15 is 0 Å². The Morgan fingerprint density at radius 1 is 1.12 bits per heavy atom. The van der Waals surface area contributed by atoms with Crippen LogP contribution in [0.5, 0.6) is 0 Å². The Balaban J connectivity index is 1.38. The molecular weight excluding hydrogens is 438 g/mol. The second-order valence-corrected chi connectivity index (χ2v) is 8.03. The number of alkyl carbamates (subject to hydrolysis) is 1. The van der Waals surface area contributed by atoms with Gasteiger partial charge in [-0.1, -0.05) is 60.6 Å². The van der Waals surface area contributed by atoms with E-state index in [0.717, 1.165) is 33.4 Å². The van der Waals surface area contributed by atoms with E-state index in [0.29, 0.717) is 0 Å². The lowest BCUT2D eigenvalue weighted by molar-refractivity contribution is -0.142. The van der Waals surface area contributed by atoms with Gasteiger partial charge in [0.05, 0.1) is 6.54 Å². The number of hydrogen-bond acceptors (Lipinski definition) is 6. The lowest BCUT2D eigenvalue weighted by Crippen LogP contribution is -2.42. The fourth-order valence-corrected chi connectivity index (χ4v) is 4.31. The van der Waals surface area contributed by atoms with E-state index in [1.165, 1.54) is 7.05 Å². The Morgan fingerprint density at radius 3 is 2.32 bits per heavy atom. The molecule has 0 fully saturated rings. The highest BCUT2D eigenvalue weighted by Gasteiger charge is 2.30. The van der Waals surface area contributed by atoms with E-state index in [1.54, 1.807) is 6.92 Å². The number of carbonyl (C=O) groups excluding carboxylic acids is 2. The first-order valence-corrected chi connectivity index (χ1v) is 10.9. The standard InChI is InChI=1S/C25H25N3O6/c1-3-22(24(30)31)28(2)23(29)20-14-34-27-21(20)12-26-25(32)33-13-19-17-10-6-4-8-15(17)16-9-5-7-11-18(16)19/h4-11,14,19,22H,3,12-13H2,1-2H3,(H,26,32)(H,30,31). The summed E-state index contributed by atoms with van der Waals surface area (Å²) >= 11 is 0. The average Bonchev–Trinajstić information content (AvgIpc) is 3.44. The number of benzene rings is 2. The van der Waals surface area contributed by atoms with Crippen LogP contribution in [0, 0.1) is 0 Å². The molecule has 1 aliphatic rings. The fraction of sp³-hybridized carbons (Fsp3) is 0.280. The highest BCUT2D eigenvalue weighted by atomic mass is 16.5. The number of carboxylic acids is 1. The fourth-order valence-electron chi connectivity index (χ4n) is 4.31. The van der Waals surface area contributed by atoms with Gasteiger partial charge in [-0.3, -0.25) is 4.79 Å². The molecule has 1 unspecified atom stereocenters. The maximum atomic E-state index is 12.7. The van der Waals surface area contributed by atoms with Gasteiger partial charge in [0.25, 0.3) is 5.91 Å². The van der Waals surface area contributed by atoms with Crippen LogP contribution in [-0.4, -0.2) is 52.8 Å². The quantitative estimate of drug-likeness (QED) is 0.523. The summed E-state index contributed by atoms with van der Waals surface area (Å²) in [6.07, 6.45) is 0.729. The lowest BCUT2D eigenvalue weighted by atomic mass is 9.98. The van der Waals surface area contributed by atoms with Gasteiger partial charge in [0.1, 0.15) is 30.2 Å². The number of fused-ring (bicyclic) bond motifs is 3. The van der Waals surface area contributed by atoms with Gasteiger partial charge in [-0.05, 0) is 28.7 Å². The third kappa shape index (κ3) is 4.36. The summed E-state index contributed by atoms with van der Waals surface area (Å²) in [6.45, 7) is 1.73. The number of nitrogens with zero attached hydrogens (tertiary/aromatic N) is 2. The van der Waals surface area contributed by atoms with E-state index in [-0.39, 0.29) is 36.7 Å². The predicted molar refractivity (Wildman–Crippen MR) is 122 cm³/mol. The van der Waals surface area contributed by atoms with Crippen molar-refractivity contribution in [1.29, 1.82) is 0 Å². The van der Waals surface area contributed by atoms with Gasteiger partial charge in [0.2, 0.25) is 0 Å². The number of rotatable bonds is 8. The second kappa shape index (κ2) is 9.78. The number of aromatic nitrogens is 1. The Labute approximate surface area is 196 Å². The molecule has 9 heteroatoms. The van der Waals surface area contributed by atoms with Crippen LogP contribution in [0.3, 0.4) is 0 Å². The normalized spacial score (nSPS) is 13.0. The van der Waals surface area contributed by atoms with Gasteiger partial charge in [0.15, 0.2) is 0 Å². The zero-order chi connectivity index (χ0) is 24.2. The number of carboxylic acid groups (broad SMARTS) is 1. The summed E-state index contributed by atoms with van der Waals surface area (Å²) in [5.41, 5.74) is 4.75. The van der Waals surface area contributed by atoms with Gasteiger partial charge < -0.3 is 24.6 Å². The van der Waals surface area contributed by atoms with Crippen LogP contribution in [0.25, 0.3) is 11.1 Å².